The molecule has 1 aromatic rings. The molecule has 0 saturated carbocycles. The Kier molecular flexibility index (Phi) is 6.35. The Morgan fingerprint density at radius 1 is 1.32 bits per heavy atom. The Balaban J connectivity index is 1.93. The lowest BCUT2D eigenvalue weighted by Gasteiger charge is -2.28. The van der Waals surface area contributed by atoms with Crippen LogP contribution in [0, 0.1) is 0 Å². The lowest BCUT2D eigenvalue weighted by molar-refractivity contribution is -0.0948. The van der Waals surface area contributed by atoms with Gasteiger partial charge >= 0.3 is 6.09 Å². The first kappa shape index (κ1) is 19.6. The molecular formula is C18H25F2NO4. The van der Waals surface area contributed by atoms with Crippen molar-refractivity contribution in [2.75, 3.05) is 26.3 Å². The number of amides is 1. The van der Waals surface area contributed by atoms with Crippen LogP contribution >= 0.6 is 0 Å². The highest BCUT2D eigenvalue weighted by atomic mass is 19.3. The van der Waals surface area contributed by atoms with Crippen LogP contribution in [0.2, 0.25) is 0 Å². The molecule has 7 heteroatoms. The van der Waals surface area contributed by atoms with Gasteiger partial charge < -0.3 is 14.2 Å². The maximum absolute atomic E-state index is 13.9. The van der Waals surface area contributed by atoms with Gasteiger partial charge in [-0.25, -0.2) is 13.6 Å². The summed E-state index contributed by atoms with van der Waals surface area (Å²) in [6.45, 7) is 4.07. The molecule has 140 valence electrons. The molecular weight excluding hydrogens is 332 g/mol. The molecule has 1 aromatic carbocycles. The first-order valence-corrected chi connectivity index (χ1v) is 8.24. The monoisotopic (exact) mass is 357 g/mol. The fourth-order valence-electron chi connectivity index (χ4n) is 2.38. The molecule has 25 heavy (non-hydrogen) atoms. The van der Waals surface area contributed by atoms with Crippen molar-refractivity contribution in [3.8, 4) is 0 Å². The average Bonchev–Trinajstić information content (AvgIpc) is 2.65. The van der Waals surface area contributed by atoms with E-state index >= 15 is 0 Å². The van der Waals surface area contributed by atoms with Gasteiger partial charge in [0.1, 0.15) is 12.2 Å². The largest absolute Gasteiger partial charge is 0.444 e. The van der Waals surface area contributed by atoms with Gasteiger partial charge in [0, 0.05) is 0 Å². The van der Waals surface area contributed by atoms with Gasteiger partial charge in [-0.15, -0.1) is 0 Å². The lowest BCUT2D eigenvalue weighted by Crippen LogP contribution is -2.45. The van der Waals surface area contributed by atoms with Crippen LogP contribution in [-0.4, -0.2) is 54.9 Å². The van der Waals surface area contributed by atoms with Crippen molar-refractivity contribution in [2.45, 2.75) is 45.0 Å². The quantitative estimate of drug-likeness (QED) is 0.828. The number of halogens is 2. The number of nitrogens with zero attached hydrogens (tertiary/aromatic N) is 1. The minimum Gasteiger partial charge on any atom is -0.444 e. The molecule has 0 radical (unpaired) electrons. The number of hydrogen-bond acceptors (Lipinski definition) is 4. The topological polar surface area (TPSA) is 48.0 Å². The molecule has 1 saturated heterocycles. The second kappa shape index (κ2) is 8.10. The number of alkyl halides is 2. The van der Waals surface area contributed by atoms with E-state index in [9.17, 15) is 13.6 Å². The second-order valence-corrected chi connectivity index (χ2v) is 7.15. The van der Waals surface area contributed by atoms with Gasteiger partial charge in [0.05, 0.1) is 32.4 Å². The van der Waals surface area contributed by atoms with Crippen molar-refractivity contribution in [1.29, 1.82) is 0 Å². The molecule has 1 aliphatic heterocycles. The molecule has 2 rings (SSSR count). The fourth-order valence-corrected chi connectivity index (χ4v) is 2.38. The third-order valence-corrected chi connectivity index (χ3v) is 3.44. The summed E-state index contributed by atoms with van der Waals surface area (Å²) in [5.41, 5.74) is 0.226. The number of hydrogen-bond donors (Lipinski definition) is 0. The van der Waals surface area contributed by atoms with Crippen molar-refractivity contribution in [3.63, 3.8) is 0 Å². The smallest absolute Gasteiger partial charge is 0.410 e. The summed E-state index contributed by atoms with van der Waals surface area (Å²) in [4.78, 5) is 13.2. The van der Waals surface area contributed by atoms with E-state index in [-0.39, 0.29) is 13.2 Å². The zero-order chi connectivity index (χ0) is 18.5. The molecule has 1 heterocycles. The standard InChI is InChI=1S/C18H25F2NO4/c1-17(2,3)25-16(22)21-9-15(24-13-18(19,20)12-21)11-23-10-14-7-5-4-6-8-14/h4-8,15H,9-13H2,1-3H3/t15-/m0/s1. The Hall–Kier alpha value is -1.73. The van der Waals surface area contributed by atoms with Gasteiger partial charge in [0.15, 0.2) is 0 Å². The van der Waals surface area contributed by atoms with Gasteiger partial charge in [-0.3, -0.25) is 4.90 Å². The normalized spacial score (nSPS) is 20.8. The van der Waals surface area contributed by atoms with Crippen LogP contribution in [0.1, 0.15) is 26.3 Å². The molecule has 5 nitrogen and oxygen atoms in total. The Morgan fingerprint density at radius 3 is 2.64 bits per heavy atom. The first-order valence-electron chi connectivity index (χ1n) is 8.24. The van der Waals surface area contributed by atoms with Crippen molar-refractivity contribution in [1.82, 2.24) is 4.90 Å². The summed E-state index contributed by atoms with van der Waals surface area (Å²) in [6.07, 6.45) is -1.41. The van der Waals surface area contributed by atoms with Crippen molar-refractivity contribution in [2.24, 2.45) is 0 Å². The van der Waals surface area contributed by atoms with E-state index in [1.807, 2.05) is 30.3 Å². The highest BCUT2D eigenvalue weighted by Crippen LogP contribution is 2.23. The number of benzene rings is 1. The molecule has 0 aromatic heterocycles. The van der Waals surface area contributed by atoms with Gasteiger partial charge in [0.2, 0.25) is 0 Å². The Morgan fingerprint density at radius 2 is 2.00 bits per heavy atom. The SMILES string of the molecule is CC(C)(C)OC(=O)N1C[C@@H](COCc2ccccc2)OCC(F)(F)C1. The Bertz CT molecular complexity index is 560. The van der Waals surface area contributed by atoms with E-state index in [2.05, 4.69) is 0 Å². The lowest BCUT2D eigenvalue weighted by atomic mass is 10.2. The van der Waals surface area contributed by atoms with E-state index in [1.54, 1.807) is 20.8 Å². The molecule has 0 spiro atoms. The van der Waals surface area contributed by atoms with Gasteiger partial charge in [-0.1, -0.05) is 30.3 Å². The molecule has 0 N–H and O–H groups in total. The van der Waals surface area contributed by atoms with Crippen LogP contribution in [0.15, 0.2) is 30.3 Å². The summed E-state index contributed by atoms with van der Waals surface area (Å²) in [5.74, 6) is -3.12. The van der Waals surface area contributed by atoms with Crippen LogP contribution in [0.5, 0.6) is 0 Å². The molecule has 1 aliphatic rings. The minimum absolute atomic E-state index is 0.000701. The van der Waals surface area contributed by atoms with Crippen molar-refractivity contribution >= 4 is 6.09 Å². The minimum atomic E-state index is -3.12. The highest BCUT2D eigenvalue weighted by molar-refractivity contribution is 5.68. The third-order valence-electron chi connectivity index (χ3n) is 3.44. The fraction of sp³-hybridized carbons (Fsp3) is 0.611. The highest BCUT2D eigenvalue weighted by Gasteiger charge is 2.40. The van der Waals surface area contributed by atoms with Crippen molar-refractivity contribution < 1.29 is 27.8 Å². The van der Waals surface area contributed by atoms with E-state index < -0.39 is 36.9 Å². The number of carbonyl (C=O) groups is 1. The van der Waals surface area contributed by atoms with E-state index in [0.29, 0.717) is 6.61 Å². The summed E-state index contributed by atoms with van der Waals surface area (Å²) in [6, 6.07) is 9.51. The summed E-state index contributed by atoms with van der Waals surface area (Å²) < 4.78 is 43.7. The van der Waals surface area contributed by atoms with E-state index in [4.69, 9.17) is 14.2 Å². The second-order valence-electron chi connectivity index (χ2n) is 7.15. The average molecular weight is 357 g/mol. The van der Waals surface area contributed by atoms with Gasteiger partial charge in [0.25, 0.3) is 5.92 Å². The van der Waals surface area contributed by atoms with E-state index in [1.165, 1.54) is 0 Å². The predicted octanol–water partition coefficient (Wildman–Crippen LogP) is 3.47. The maximum Gasteiger partial charge on any atom is 0.410 e. The number of ether oxygens (including phenoxy) is 3. The van der Waals surface area contributed by atoms with Crippen LogP contribution in [-0.2, 0) is 20.8 Å². The zero-order valence-electron chi connectivity index (χ0n) is 14.8. The van der Waals surface area contributed by atoms with Gasteiger partial charge in [-0.05, 0) is 26.3 Å². The number of carbonyl (C=O) groups excluding carboxylic acids is 1. The molecule has 1 atom stereocenters. The molecule has 0 unspecified atom stereocenters. The molecule has 1 fully saturated rings. The molecule has 0 bridgehead atoms. The van der Waals surface area contributed by atoms with Crippen LogP contribution in [0.3, 0.4) is 0 Å². The summed E-state index contributed by atoms with van der Waals surface area (Å²) >= 11 is 0. The van der Waals surface area contributed by atoms with Gasteiger partial charge in [-0.2, -0.15) is 0 Å². The zero-order valence-corrected chi connectivity index (χ0v) is 14.8. The summed E-state index contributed by atoms with van der Waals surface area (Å²) in [5, 5.41) is 0. The van der Waals surface area contributed by atoms with Crippen LogP contribution in [0.4, 0.5) is 13.6 Å². The van der Waals surface area contributed by atoms with Crippen LogP contribution < -0.4 is 0 Å². The van der Waals surface area contributed by atoms with Crippen molar-refractivity contribution in [3.05, 3.63) is 35.9 Å². The predicted molar refractivity (Wildman–Crippen MR) is 88.6 cm³/mol. The summed E-state index contributed by atoms with van der Waals surface area (Å²) in [7, 11) is 0. The first-order chi connectivity index (χ1) is 11.6. The number of rotatable bonds is 4. The van der Waals surface area contributed by atoms with Crippen LogP contribution in [0.25, 0.3) is 0 Å². The molecule has 0 aliphatic carbocycles. The Labute approximate surface area is 146 Å². The third kappa shape index (κ3) is 6.96. The van der Waals surface area contributed by atoms with E-state index in [0.717, 1.165) is 10.5 Å². The maximum atomic E-state index is 13.9. The molecule has 1 amide bonds.